The van der Waals surface area contributed by atoms with Crippen molar-refractivity contribution in [1.82, 2.24) is 10.7 Å². The minimum Gasteiger partial charge on any atom is -0.496 e. The smallest absolute Gasteiger partial charge is 0.259 e. The highest BCUT2D eigenvalue weighted by Gasteiger charge is 2.05. The molecule has 2 amide bonds. The van der Waals surface area contributed by atoms with Gasteiger partial charge in [-0.1, -0.05) is 83.3 Å². The van der Waals surface area contributed by atoms with Crippen molar-refractivity contribution in [3.05, 3.63) is 29.8 Å². The van der Waals surface area contributed by atoms with E-state index in [1.807, 2.05) is 24.3 Å². The lowest BCUT2D eigenvalue weighted by molar-refractivity contribution is -0.126. The maximum atomic E-state index is 11.8. The Morgan fingerprint density at radius 1 is 0.900 bits per heavy atom. The number of rotatable bonds is 17. The number of hydrazone groups is 1. The van der Waals surface area contributed by atoms with Crippen LogP contribution in [0.4, 0.5) is 0 Å². The fraction of sp³-hybridized carbons (Fsp3) is 0.625. The maximum Gasteiger partial charge on any atom is 0.259 e. The Morgan fingerprint density at radius 3 is 2.13 bits per heavy atom. The molecule has 0 aliphatic carbocycles. The van der Waals surface area contributed by atoms with Crippen molar-refractivity contribution in [1.29, 1.82) is 0 Å². The van der Waals surface area contributed by atoms with E-state index in [4.69, 9.17) is 4.74 Å². The van der Waals surface area contributed by atoms with Gasteiger partial charge in [0.2, 0.25) is 5.91 Å². The van der Waals surface area contributed by atoms with Crippen LogP contribution in [0.3, 0.4) is 0 Å². The molecule has 0 bridgehead atoms. The van der Waals surface area contributed by atoms with Crippen LogP contribution in [0.5, 0.6) is 5.75 Å². The summed E-state index contributed by atoms with van der Waals surface area (Å²) >= 11 is 0. The molecular weight excluding hydrogens is 378 g/mol. The van der Waals surface area contributed by atoms with Gasteiger partial charge in [-0.15, -0.1) is 0 Å². The molecule has 0 aromatic heterocycles. The third kappa shape index (κ3) is 13.0. The highest BCUT2D eigenvalue weighted by molar-refractivity contribution is 5.87. The largest absolute Gasteiger partial charge is 0.496 e. The lowest BCUT2D eigenvalue weighted by Gasteiger charge is -2.05. The van der Waals surface area contributed by atoms with Crippen LogP contribution in [0.15, 0.2) is 29.4 Å². The van der Waals surface area contributed by atoms with Crippen molar-refractivity contribution in [2.75, 3.05) is 13.7 Å². The molecule has 0 heterocycles. The zero-order valence-corrected chi connectivity index (χ0v) is 18.8. The minimum atomic E-state index is -0.353. The second-order valence-electron chi connectivity index (χ2n) is 7.60. The van der Waals surface area contributed by atoms with Gasteiger partial charge in [0.15, 0.2) is 0 Å². The first kappa shape index (κ1) is 25.7. The molecule has 30 heavy (non-hydrogen) atoms. The minimum absolute atomic E-state index is 0.0693. The number of ether oxygens (including phenoxy) is 1. The average molecular weight is 418 g/mol. The summed E-state index contributed by atoms with van der Waals surface area (Å²) in [6.07, 6.45) is 15.7. The van der Waals surface area contributed by atoms with Gasteiger partial charge in [-0.2, -0.15) is 5.10 Å². The maximum absolute atomic E-state index is 11.8. The van der Waals surface area contributed by atoms with E-state index in [1.54, 1.807) is 7.11 Å². The monoisotopic (exact) mass is 417 g/mol. The SMILES string of the molecule is CCCCCCCCCCCCCC(=O)NCC(=O)N/N=C\c1ccccc1OC. The molecule has 0 aliphatic rings. The van der Waals surface area contributed by atoms with Crippen LogP contribution in [0.2, 0.25) is 0 Å². The zero-order chi connectivity index (χ0) is 21.9. The molecule has 2 N–H and O–H groups in total. The second-order valence-corrected chi connectivity index (χ2v) is 7.60. The number of carbonyl (C=O) groups is 2. The third-order valence-electron chi connectivity index (χ3n) is 4.99. The molecule has 0 fully saturated rings. The van der Waals surface area contributed by atoms with E-state index in [9.17, 15) is 9.59 Å². The predicted octanol–water partition coefficient (Wildman–Crippen LogP) is 4.96. The third-order valence-corrected chi connectivity index (χ3v) is 4.99. The summed E-state index contributed by atoms with van der Waals surface area (Å²) in [6, 6.07) is 7.38. The molecular formula is C24H39N3O3. The van der Waals surface area contributed by atoms with Gasteiger partial charge in [0.1, 0.15) is 5.75 Å². The van der Waals surface area contributed by atoms with Crippen LogP contribution < -0.4 is 15.5 Å². The van der Waals surface area contributed by atoms with Crippen LogP contribution in [-0.2, 0) is 9.59 Å². The number of hydrogen-bond acceptors (Lipinski definition) is 4. The van der Waals surface area contributed by atoms with E-state index in [0.717, 1.165) is 18.4 Å². The summed E-state index contributed by atoms with van der Waals surface area (Å²) in [5.41, 5.74) is 3.17. The van der Waals surface area contributed by atoms with Crippen molar-refractivity contribution in [3.63, 3.8) is 0 Å². The molecule has 0 saturated carbocycles. The summed E-state index contributed by atoms with van der Waals surface area (Å²) in [5.74, 6) is 0.235. The second kappa shape index (κ2) is 17.5. The molecule has 1 aromatic rings. The molecule has 0 aliphatic heterocycles. The van der Waals surface area contributed by atoms with Gasteiger partial charge in [0.05, 0.1) is 19.9 Å². The average Bonchev–Trinajstić information content (AvgIpc) is 2.76. The van der Waals surface area contributed by atoms with E-state index >= 15 is 0 Å². The highest BCUT2D eigenvalue weighted by Crippen LogP contribution is 2.14. The molecule has 0 atom stereocenters. The summed E-state index contributed by atoms with van der Waals surface area (Å²) in [4.78, 5) is 23.6. The molecule has 0 saturated heterocycles. The Kier molecular flexibility index (Phi) is 15.0. The number of nitrogens with one attached hydrogen (secondary N) is 2. The van der Waals surface area contributed by atoms with Crippen LogP contribution in [0.1, 0.15) is 89.5 Å². The Hall–Kier alpha value is -2.37. The molecule has 6 heteroatoms. The summed E-state index contributed by atoms with van der Waals surface area (Å²) in [5, 5.41) is 6.54. The molecule has 1 rings (SSSR count). The van der Waals surface area contributed by atoms with Crippen LogP contribution in [-0.4, -0.2) is 31.7 Å². The summed E-state index contributed by atoms with van der Waals surface area (Å²) < 4.78 is 5.21. The topological polar surface area (TPSA) is 79.8 Å². The molecule has 1 aromatic carbocycles. The van der Waals surface area contributed by atoms with Crippen molar-refractivity contribution < 1.29 is 14.3 Å². The summed E-state index contributed by atoms with van der Waals surface area (Å²) in [7, 11) is 1.58. The number of benzene rings is 1. The van der Waals surface area contributed by atoms with Gasteiger partial charge < -0.3 is 10.1 Å². The predicted molar refractivity (Wildman–Crippen MR) is 123 cm³/mol. The number of unbranched alkanes of at least 4 members (excludes halogenated alkanes) is 10. The van der Waals surface area contributed by atoms with Gasteiger partial charge in [-0.05, 0) is 18.6 Å². The number of carbonyl (C=O) groups excluding carboxylic acids is 2. The number of methoxy groups -OCH3 is 1. The first-order valence-corrected chi connectivity index (χ1v) is 11.4. The van der Waals surface area contributed by atoms with Gasteiger partial charge in [0.25, 0.3) is 5.91 Å². The Labute approximate surface area is 181 Å². The highest BCUT2D eigenvalue weighted by atomic mass is 16.5. The number of amides is 2. The zero-order valence-electron chi connectivity index (χ0n) is 18.8. The quantitative estimate of drug-likeness (QED) is 0.213. The van der Waals surface area contributed by atoms with Crippen molar-refractivity contribution in [3.8, 4) is 5.75 Å². The number of para-hydroxylation sites is 1. The Bertz CT molecular complexity index is 632. The van der Waals surface area contributed by atoms with Crippen molar-refractivity contribution >= 4 is 18.0 Å². The van der Waals surface area contributed by atoms with E-state index in [-0.39, 0.29) is 18.4 Å². The lowest BCUT2D eigenvalue weighted by atomic mass is 10.1. The van der Waals surface area contributed by atoms with Crippen LogP contribution >= 0.6 is 0 Å². The molecule has 0 spiro atoms. The van der Waals surface area contributed by atoms with Gasteiger partial charge >= 0.3 is 0 Å². The first-order valence-electron chi connectivity index (χ1n) is 11.4. The van der Waals surface area contributed by atoms with E-state index in [2.05, 4.69) is 22.8 Å². The van der Waals surface area contributed by atoms with Crippen LogP contribution in [0.25, 0.3) is 0 Å². The number of nitrogens with zero attached hydrogens (tertiary/aromatic N) is 1. The molecule has 0 unspecified atom stereocenters. The van der Waals surface area contributed by atoms with E-state index < -0.39 is 0 Å². The van der Waals surface area contributed by atoms with E-state index in [0.29, 0.717) is 12.2 Å². The van der Waals surface area contributed by atoms with Gasteiger partial charge in [-0.25, -0.2) is 5.43 Å². The fourth-order valence-corrected chi connectivity index (χ4v) is 3.20. The first-order chi connectivity index (χ1) is 14.7. The Balaban J connectivity index is 2.01. The Morgan fingerprint density at radius 2 is 1.50 bits per heavy atom. The summed E-state index contributed by atoms with van der Waals surface area (Å²) in [6.45, 7) is 2.18. The van der Waals surface area contributed by atoms with Gasteiger partial charge in [-0.3, -0.25) is 9.59 Å². The van der Waals surface area contributed by atoms with Gasteiger partial charge in [0, 0.05) is 12.0 Å². The van der Waals surface area contributed by atoms with Crippen molar-refractivity contribution in [2.24, 2.45) is 5.10 Å². The molecule has 0 radical (unpaired) electrons. The lowest BCUT2D eigenvalue weighted by Crippen LogP contribution is -2.34. The van der Waals surface area contributed by atoms with Crippen molar-refractivity contribution in [2.45, 2.75) is 84.0 Å². The number of hydrogen-bond donors (Lipinski definition) is 2. The fourth-order valence-electron chi connectivity index (χ4n) is 3.20. The standard InChI is InChI=1S/C24H39N3O3/c1-3-4-5-6-7-8-9-10-11-12-13-18-23(28)25-20-24(29)27-26-19-21-16-14-15-17-22(21)30-2/h14-17,19H,3-13,18,20H2,1-2H3,(H,25,28)(H,27,29)/b26-19-. The normalized spacial score (nSPS) is 10.9. The molecule has 168 valence electrons. The molecule has 6 nitrogen and oxygen atoms in total. The van der Waals surface area contributed by atoms with E-state index in [1.165, 1.54) is 64.0 Å². The van der Waals surface area contributed by atoms with Crippen LogP contribution in [0, 0.1) is 0 Å².